The number of carbonyl (C=O) groups excluding carboxylic acids is 1. The van der Waals surface area contributed by atoms with Gasteiger partial charge in [-0.3, -0.25) is 0 Å². The van der Waals surface area contributed by atoms with Gasteiger partial charge in [-0.25, -0.2) is 4.79 Å². The molecule has 3 aromatic rings. The lowest BCUT2D eigenvalue weighted by Crippen LogP contribution is -2.08. The first-order chi connectivity index (χ1) is 9.72. The highest BCUT2D eigenvalue weighted by atomic mass is 16.5. The minimum atomic E-state index is -0.333. The molecular formula is C18H14O2. The van der Waals surface area contributed by atoms with Gasteiger partial charge in [0.2, 0.25) is 0 Å². The van der Waals surface area contributed by atoms with Crippen LogP contribution in [0, 0.1) is 6.92 Å². The molecule has 0 radical (unpaired) electrons. The second kappa shape index (κ2) is 5.17. The SMILES string of the molecule is Cc1ccc(C(=O)Oc2ccc3ccccc3c2)cc1. The van der Waals surface area contributed by atoms with Crippen molar-refractivity contribution in [1.29, 1.82) is 0 Å². The van der Waals surface area contributed by atoms with Gasteiger partial charge in [0.25, 0.3) is 0 Å². The summed E-state index contributed by atoms with van der Waals surface area (Å²) in [5, 5.41) is 2.18. The number of benzene rings is 3. The lowest BCUT2D eigenvalue weighted by atomic mass is 10.1. The van der Waals surface area contributed by atoms with E-state index in [1.807, 2.05) is 61.5 Å². The molecule has 20 heavy (non-hydrogen) atoms. The van der Waals surface area contributed by atoms with Gasteiger partial charge in [-0.05, 0) is 42.0 Å². The predicted octanol–water partition coefficient (Wildman–Crippen LogP) is 4.37. The molecule has 0 amide bonds. The van der Waals surface area contributed by atoms with Crippen LogP contribution < -0.4 is 4.74 Å². The van der Waals surface area contributed by atoms with Crippen LogP contribution in [0.25, 0.3) is 10.8 Å². The Morgan fingerprint density at radius 1 is 0.850 bits per heavy atom. The van der Waals surface area contributed by atoms with Gasteiger partial charge < -0.3 is 4.74 Å². The highest BCUT2D eigenvalue weighted by molar-refractivity contribution is 5.92. The van der Waals surface area contributed by atoms with E-state index in [0.717, 1.165) is 16.3 Å². The molecule has 0 aliphatic rings. The van der Waals surface area contributed by atoms with Gasteiger partial charge >= 0.3 is 5.97 Å². The van der Waals surface area contributed by atoms with Gasteiger partial charge in [-0.15, -0.1) is 0 Å². The maximum Gasteiger partial charge on any atom is 0.343 e. The first-order valence-corrected chi connectivity index (χ1v) is 6.50. The summed E-state index contributed by atoms with van der Waals surface area (Å²) in [4.78, 5) is 12.0. The number of rotatable bonds is 2. The molecule has 0 unspecified atom stereocenters. The summed E-state index contributed by atoms with van der Waals surface area (Å²) >= 11 is 0. The normalized spacial score (nSPS) is 10.4. The minimum Gasteiger partial charge on any atom is -0.423 e. The van der Waals surface area contributed by atoms with Crippen molar-refractivity contribution in [1.82, 2.24) is 0 Å². The maximum absolute atomic E-state index is 12.0. The molecule has 0 saturated carbocycles. The monoisotopic (exact) mass is 262 g/mol. The zero-order valence-electron chi connectivity index (χ0n) is 11.2. The number of carbonyl (C=O) groups is 1. The zero-order valence-corrected chi connectivity index (χ0v) is 11.2. The molecule has 3 rings (SSSR count). The quantitative estimate of drug-likeness (QED) is 0.506. The van der Waals surface area contributed by atoms with Crippen molar-refractivity contribution in [3.8, 4) is 5.75 Å². The number of hydrogen-bond acceptors (Lipinski definition) is 2. The van der Waals surface area contributed by atoms with Crippen molar-refractivity contribution in [2.24, 2.45) is 0 Å². The Kier molecular flexibility index (Phi) is 3.21. The van der Waals surface area contributed by atoms with Crippen LogP contribution in [0.3, 0.4) is 0 Å². The molecule has 2 nitrogen and oxygen atoms in total. The van der Waals surface area contributed by atoms with E-state index in [9.17, 15) is 4.79 Å². The van der Waals surface area contributed by atoms with Crippen molar-refractivity contribution < 1.29 is 9.53 Å². The highest BCUT2D eigenvalue weighted by Crippen LogP contribution is 2.21. The van der Waals surface area contributed by atoms with Gasteiger partial charge in [0.05, 0.1) is 5.56 Å². The van der Waals surface area contributed by atoms with Crippen molar-refractivity contribution in [2.75, 3.05) is 0 Å². The summed E-state index contributed by atoms with van der Waals surface area (Å²) < 4.78 is 5.41. The number of esters is 1. The molecule has 98 valence electrons. The van der Waals surface area contributed by atoms with Crippen molar-refractivity contribution in [3.05, 3.63) is 77.9 Å². The third kappa shape index (κ3) is 2.54. The Hall–Kier alpha value is -2.61. The fraction of sp³-hybridized carbons (Fsp3) is 0.0556. The second-order valence-corrected chi connectivity index (χ2v) is 4.76. The summed E-state index contributed by atoms with van der Waals surface area (Å²) in [6.07, 6.45) is 0. The number of aryl methyl sites for hydroxylation is 1. The first-order valence-electron chi connectivity index (χ1n) is 6.50. The molecule has 0 atom stereocenters. The summed E-state index contributed by atoms with van der Waals surface area (Å²) in [6, 6.07) is 21.0. The van der Waals surface area contributed by atoms with Gasteiger partial charge in [0.15, 0.2) is 0 Å². The van der Waals surface area contributed by atoms with E-state index >= 15 is 0 Å². The molecule has 0 bridgehead atoms. The van der Waals surface area contributed by atoms with E-state index in [4.69, 9.17) is 4.74 Å². The van der Waals surface area contributed by atoms with E-state index in [2.05, 4.69) is 0 Å². The average molecular weight is 262 g/mol. The summed E-state index contributed by atoms with van der Waals surface area (Å²) in [5.74, 6) is 0.231. The standard InChI is InChI=1S/C18H14O2/c1-13-6-8-15(9-7-13)18(19)20-17-11-10-14-4-2-3-5-16(14)12-17/h2-12H,1H3. The number of fused-ring (bicyclic) bond motifs is 1. The van der Waals surface area contributed by atoms with Crippen molar-refractivity contribution in [3.63, 3.8) is 0 Å². The van der Waals surface area contributed by atoms with E-state index in [0.29, 0.717) is 11.3 Å². The molecule has 0 spiro atoms. The van der Waals surface area contributed by atoms with Crippen LogP contribution in [0.4, 0.5) is 0 Å². The Bertz CT molecular complexity index is 758. The maximum atomic E-state index is 12.0. The second-order valence-electron chi connectivity index (χ2n) is 4.76. The Morgan fingerprint density at radius 3 is 2.30 bits per heavy atom. The number of ether oxygens (including phenoxy) is 1. The molecule has 3 aromatic carbocycles. The predicted molar refractivity (Wildman–Crippen MR) is 80.1 cm³/mol. The lowest BCUT2D eigenvalue weighted by molar-refractivity contribution is 0.0735. The minimum absolute atomic E-state index is 0.333. The molecule has 0 aliphatic carbocycles. The van der Waals surface area contributed by atoms with Crippen LogP contribution in [0.15, 0.2) is 66.7 Å². The van der Waals surface area contributed by atoms with Gasteiger partial charge in [0, 0.05) is 0 Å². The molecule has 0 N–H and O–H groups in total. The highest BCUT2D eigenvalue weighted by Gasteiger charge is 2.08. The van der Waals surface area contributed by atoms with Crippen LogP contribution in [0.2, 0.25) is 0 Å². The van der Waals surface area contributed by atoms with Gasteiger partial charge in [0.1, 0.15) is 5.75 Å². The van der Waals surface area contributed by atoms with Gasteiger partial charge in [-0.2, -0.15) is 0 Å². The Morgan fingerprint density at radius 2 is 1.55 bits per heavy atom. The average Bonchev–Trinajstić information content (AvgIpc) is 2.48. The summed E-state index contributed by atoms with van der Waals surface area (Å²) in [7, 11) is 0. The third-order valence-electron chi connectivity index (χ3n) is 3.22. The summed E-state index contributed by atoms with van der Waals surface area (Å²) in [5.41, 5.74) is 1.68. The van der Waals surface area contributed by atoms with Crippen LogP contribution in [-0.4, -0.2) is 5.97 Å². The summed E-state index contributed by atoms with van der Waals surface area (Å²) in [6.45, 7) is 1.98. The molecule has 0 fully saturated rings. The van der Waals surface area contributed by atoms with E-state index < -0.39 is 0 Å². The zero-order chi connectivity index (χ0) is 13.9. The van der Waals surface area contributed by atoms with Gasteiger partial charge in [-0.1, -0.05) is 48.0 Å². The molecule has 0 aliphatic heterocycles. The molecular weight excluding hydrogens is 248 g/mol. The Labute approximate surface area is 117 Å². The van der Waals surface area contributed by atoms with Crippen molar-refractivity contribution >= 4 is 16.7 Å². The fourth-order valence-corrected chi connectivity index (χ4v) is 2.09. The van der Waals surface area contributed by atoms with Crippen molar-refractivity contribution in [2.45, 2.75) is 6.92 Å². The van der Waals surface area contributed by atoms with E-state index in [-0.39, 0.29) is 5.97 Å². The topological polar surface area (TPSA) is 26.3 Å². The molecule has 0 aromatic heterocycles. The van der Waals surface area contributed by atoms with E-state index in [1.165, 1.54) is 0 Å². The van der Waals surface area contributed by atoms with E-state index in [1.54, 1.807) is 12.1 Å². The molecule has 0 saturated heterocycles. The van der Waals surface area contributed by atoms with Crippen LogP contribution in [0.1, 0.15) is 15.9 Å². The largest absolute Gasteiger partial charge is 0.423 e. The fourth-order valence-electron chi connectivity index (χ4n) is 2.09. The molecule has 0 heterocycles. The number of hydrogen-bond donors (Lipinski definition) is 0. The first kappa shape index (κ1) is 12.4. The lowest BCUT2D eigenvalue weighted by Gasteiger charge is -2.06. The van der Waals surface area contributed by atoms with Crippen LogP contribution >= 0.6 is 0 Å². The van der Waals surface area contributed by atoms with Crippen LogP contribution in [-0.2, 0) is 0 Å². The smallest absolute Gasteiger partial charge is 0.343 e. The van der Waals surface area contributed by atoms with Crippen LogP contribution in [0.5, 0.6) is 5.75 Å². The Balaban J connectivity index is 1.85. The molecule has 2 heteroatoms. The third-order valence-corrected chi connectivity index (χ3v) is 3.22.